The topological polar surface area (TPSA) is 57.0 Å². The largest absolute Gasteiger partial charge is 0.469 e. The number of carbonyl (C=O) groups excluding carboxylic acids is 1. The molecule has 0 saturated carbocycles. The normalized spacial score (nSPS) is 10.0. The monoisotopic (exact) mass is 183 g/mol. The third kappa shape index (κ3) is 3.23. The van der Waals surface area contributed by atoms with Gasteiger partial charge in [-0.2, -0.15) is 5.10 Å². The molecule has 0 saturated heterocycles. The molecule has 0 atom stereocenters. The van der Waals surface area contributed by atoms with E-state index in [2.05, 4.69) is 14.8 Å². The summed E-state index contributed by atoms with van der Waals surface area (Å²) in [6, 6.07) is 0. The van der Waals surface area contributed by atoms with E-state index in [0.29, 0.717) is 6.42 Å². The number of methoxy groups -OCH3 is 1. The van der Waals surface area contributed by atoms with Crippen LogP contribution in [0.2, 0.25) is 0 Å². The second-order valence-electron chi connectivity index (χ2n) is 2.76. The van der Waals surface area contributed by atoms with Gasteiger partial charge in [0, 0.05) is 19.9 Å². The van der Waals surface area contributed by atoms with E-state index in [-0.39, 0.29) is 5.97 Å². The van der Waals surface area contributed by atoms with E-state index in [0.717, 1.165) is 18.7 Å². The first-order valence-electron chi connectivity index (χ1n) is 4.13. The maximum atomic E-state index is 10.7. The van der Waals surface area contributed by atoms with E-state index in [9.17, 15) is 4.79 Å². The Hall–Kier alpha value is -1.39. The Morgan fingerprint density at radius 2 is 2.46 bits per heavy atom. The van der Waals surface area contributed by atoms with Gasteiger partial charge in [0.25, 0.3) is 0 Å². The molecular formula is C8H13N3O2. The lowest BCUT2D eigenvalue weighted by Crippen LogP contribution is -2.01. The maximum absolute atomic E-state index is 10.7. The van der Waals surface area contributed by atoms with Gasteiger partial charge in [-0.1, -0.05) is 0 Å². The fourth-order valence-electron chi connectivity index (χ4n) is 0.991. The number of rotatable bonds is 4. The minimum Gasteiger partial charge on any atom is -0.469 e. The summed E-state index contributed by atoms with van der Waals surface area (Å²) in [6.45, 7) is 0. The first-order chi connectivity index (χ1) is 6.22. The van der Waals surface area contributed by atoms with Crippen LogP contribution < -0.4 is 0 Å². The summed E-state index contributed by atoms with van der Waals surface area (Å²) >= 11 is 0. The smallest absolute Gasteiger partial charge is 0.305 e. The molecule has 0 amide bonds. The highest BCUT2D eigenvalue weighted by Gasteiger charge is 2.02. The average molecular weight is 183 g/mol. The van der Waals surface area contributed by atoms with Gasteiger partial charge in [-0.05, 0) is 6.42 Å². The SMILES string of the molecule is COC(=O)CCCc1ncn(C)n1. The van der Waals surface area contributed by atoms with Crippen molar-refractivity contribution in [1.82, 2.24) is 14.8 Å². The van der Waals surface area contributed by atoms with Crippen molar-refractivity contribution in [2.75, 3.05) is 7.11 Å². The Kier molecular flexibility index (Phi) is 3.42. The summed E-state index contributed by atoms with van der Waals surface area (Å²) in [5.41, 5.74) is 0. The number of carbonyl (C=O) groups is 1. The van der Waals surface area contributed by atoms with Crippen LogP contribution in [-0.4, -0.2) is 27.8 Å². The van der Waals surface area contributed by atoms with Crippen LogP contribution in [0.25, 0.3) is 0 Å². The summed E-state index contributed by atoms with van der Waals surface area (Å²) in [4.78, 5) is 14.8. The lowest BCUT2D eigenvalue weighted by molar-refractivity contribution is -0.140. The fraction of sp³-hybridized carbons (Fsp3) is 0.625. The molecule has 1 aromatic heterocycles. The minimum absolute atomic E-state index is 0.184. The van der Waals surface area contributed by atoms with Crippen molar-refractivity contribution in [3.8, 4) is 0 Å². The van der Waals surface area contributed by atoms with Gasteiger partial charge in [-0.25, -0.2) is 4.98 Å². The molecule has 0 bridgehead atoms. The van der Waals surface area contributed by atoms with E-state index in [1.807, 2.05) is 7.05 Å². The van der Waals surface area contributed by atoms with Gasteiger partial charge in [0.05, 0.1) is 7.11 Å². The molecule has 5 nitrogen and oxygen atoms in total. The minimum atomic E-state index is -0.184. The molecule has 0 radical (unpaired) electrons. The van der Waals surface area contributed by atoms with Crippen LogP contribution in [0.1, 0.15) is 18.7 Å². The molecule has 0 aromatic carbocycles. The molecule has 0 spiro atoms. The highest BCUT2D eigenvalue weighted by Crippen LogP contribution is 1.99. The van der Waals surface area contributed by atoms with E-state index < -0.39 is 0 Å². The first-order valence-corrected chi connectivity index (χ1v) is 4.13. The molecule has 0 aliphatic heterocycles. The van der Waals surface area contributed by atoms with Gasteiger partial charge in [0.2, 0.25) is 0 Å². The van der Waals surface area contributed by atoms with Gasteiger partial charge >= 0.3 is 5.97 Å². The van der Waals surface area contributed by atoms with Crippen molar-refractivity contribution in [2.24, 2.45) is 7.05 Å². The lowest BCUT2D eigenvalue weighted by Gasteiger charge is -1.96. The molecule has 0 aliphatic rings. The Balaban J connectivity index is 2.24. The summed E-state index contributed by atoms with van der Waals surface area (Å²) in [6.07, 6.45) is 3.52. The highest BCUT2D eigenvalue weighted by atomic mass is 16.5. The van der Waals surface area contributed by atoms with Gasteiger partial charge in [0.1, 0.15) is 6.33 Å². The molecular weight excluding hydrogens is 170 g/mol. The molecule has 1 heterocycles. The van der Waals surface area contributed by atoms with Crippen molar-refractivity contribution in [3.05, 3.63) is 12.2 Å². The summed E-state index contributed by atoms with van der Waals surface area (Å²) in [7, 11) is 3.21. The number of nitrogens with zero attached hydrogens (tertiary/aromatic N) is 3. The zero-order valence-electron chi connectivity index (χ0n) is 7.86. The van der Waals surface area contributed by atoms with Gasteiger partial charge in [-0.15, -0.1) is 0 Å². The van der Waals surface area contributed by atoms with E-state index >= 15 is 0 Å². The summed E-state index contributed by atoms with van der Waals surface area (Å²) < 4.78 is 6.15. The molecule has 13 heavy (non-hydrogen) atoms. The van der Waals surface area contributed by atoms with Crippen LogP contribution in [0.5, 0.6) is 0 Å². The highest BCUT2D eigenvalue weighted by molar-refractivity contribution is 5.69. The molecule has 0 N–H and O–H groups in total. The first kappa shape index (κ1) is 9.70. The molecule has 5 heteroatoms. The Bertz CT molecular complexity index is 283. The third-order valence-electron chi connectivity index (χ3n) is 1.66. The Labute approximate surface area is 76.7 Å². The van der Waals surface area contributed by atoms with E-state index in [4.69, 9.17) is 0 Å². The van der Waals surface area contributed by atoms with Crippen LogP contribution in [0.15, 0.2) is 6.33 Å². The quantitative estimate of drug-likeness (QED) is 0.630. The second kappa shape index (κ2) is 4.59. The zero-order valence-corrected chi connectivity index (χ0v) is 7.86. The van der Waals surface area contributed by atoms with Crippen molar-refractivity contribution in [3.63, 3.8) is 0 Å². The summed E-state index contributed by atoms with van der Waals surface area (Å²) in [5.74, 6) is 0.585. The standard InChI is InChI=1S/C8H13N3O2/c1-11-6-9-7(10-11)4-3-5-8(12)13-2/h6H,3-5H2,1-2H3. The zero-order chi connectivity index (χ0) is 9.68. The fourth-order valence-corrected chi connectivity index (χ4v) is 0.991. The predicted molar refractivity (Wildman–Crippen MR) is 46.0 cm³/mol. The predicted octanol–water partition coefficient (Wildman–Crippen LogP) is 0.311. The van der Waals surface area contributed by atoms with Gasteiger partial charge in [0.15, 0.2) is 5.82 Å². The van der Waals surface area contributed by atoms with Crippen LogP contribution in [0.3, 0.4) is 0 Å². The third-order valence-corrected chi connectivity index (χ3v) is 1.66. The van der Waals surface area contributed by atoms with Crippen LogP contribution in [-0.2, 0) is 23.0 Å². The molecule has 1 rings (SSSR count). The molecule has 72 valence electrons. The number of ether oxygens (including phenoxy) is 1. The molecule has 0 aliphatic carbocycles. The van der Waals surface area contributed by atoms with Crippen LogP contribution in [0.4, 0.5) is 0 Å². The van der Waals surface area contributed by atoms with Crippen molar-refractivity contribution < 1.29 is 9.53 Å². The summed E-state index contributed by atoms with van der Waals surface area (Å²) in [5, 5.41) is 4.09. The Morgan fingerprint density at radius 1 is 1.69 bits per heavy atom. The number of hydrogen-bond donors (Lipinski definition) is 0. The number of aryl methyl sites for hydroxylation is 2. The molecule has 0 unspecified atom stereocenters. The molecule has 0 fully saturated rings. The Morgan fingerprint density at radius 3 is 3.00 bits per heavy atom. The maximum Gasteiger partial charge on any atom is 0.305 e. The van der Waals surface area contributed by atoms with Crippen molar-refractivity contribution in [1.29, 1.82) is 0 Å². The number of esters is 1. The van der Waals surface area contributed by atoms with Crippen molar-refractivity contribution >= 4 is 5.97 Å². The molecule has 1 aromatic rings. The van der Waals surface area contributed by atoms with E-state index in [1.165, 1.54) is 7.11 Å². The van der Waals surface area contributed by atoms with Crippen LogP contribution >= 0.6 is 0 Å². The lowest BCUT2D eigenvalue weighted by atomic mass is 10.2. The van der Waals surface area contributed by atoms with Gasteiger partial charge < -0.3 is 4.74 Å². The van der Waals surface area contributed by atoms with Gasteiger partial charge in [-0.3, -0.25) is 9.48 Å². The second-order valence-corrected chi connectivity index (χ2v) is 2.76. The van der Waals surface area contributed by atoms with Crippen LogP contribution in [0, 0.1) is 0 Å². The van der Waals surface area contributed by atoms with E-state index in [1.54, 1.807) is 11.0 Å². The average Bonchev–Trinajstić information content (AvgIpc) is 2.51. The number of hydrogen-bond acceptors (Lipinski definition) is 4. The number of aromatic nitrogens is 3. The van der Waals surface area contributed by atoms with Crippen molar-refractivity contribution in [2.45, 2.75) is 19.3 Å².